The summed E-state index contributed by atoms with van der Waals surface area (Å²) in [5.41, 5.74) is 2.84. The van der Waals surface area contributed by atoms with Crippen molar-refractivity contribution in [2.24, 2.45) is 0 Å². The quantitative estimate of drug-likeness (QED) is 0.456. The zero-order valence-corrected chi connectivity index (χ0v) is 20.1. The van der Waals surface area contributed by atoms with Crippen LogP contribution in [0.3, 0.4) is 0 Å². The average Bonchev–Trinajstić information content (AvgIpc) is 3.00. The van der Waals surface area contributed by atoms with Crippen molar-refractivity contribution in [1.29, 1.82) is 0 Å². The molecule has 2 heterocycles. The molecule has 2 amide bonds. The molecule has 1 atom stereocenters. The van der Waals surface area contributed by atoms with Gasteiger partial charge in [-0.2, -0.15) is 0 Å². The van der Waals surface area contributed by atoms with Crippen LogP contribution in [0.4, 0.5) is 19.3 Å². The molecule has 0 aliphatic carbocycles. The first kappa shape index (κ1) is 23.5. The minimum atomic E-state index is -0.465. The van der Waals surface area contributed by atoms with E-state index in [1.165, 1.54) is 30.3 Å². The number of amides is 2. The molecule has 0 saturated carbocycles. The Labute approximate surface area is 197 Å². The largest absolute Gasteiger partial charge is 0.366 e. The number of thioether (sulfide) groups is 1. The molecule has 0 radical (unpaired) electrons. The van der Waals surface area contributed by atoms with E-state index >= 15 is 4.39 Å². The number of imide groups is 1. The highest BCUT2D eigenvalue weighted by atomic mass is 32.2. The molecule has 33 heavy (non-hydrogen) atoms. The first-order valence-electron chi connectivity index (χ1n) is 11.2. The van der Waals surface area contributed by atoms with Gasteiger partial charge in [0.25, 0.3) is 11.1 Å². The van der Waals surface area contributed by atoms with Crippen LogP contribution in [0.1, 0.15) is 63.1 Å². The maximum absolute atomic E-state index is 15.2. The molecule has 4 nitrogen and oxygen atoms in total. The molecule has 4 rings (SSSR count). The van der Waals surface area contributed by atoms with Crippen LogP contribution < -0.4 is 4.90 Å². The number of rotatable bonds is 5. The Morgan fingerprint density at radius 3 is 2.52 bits per heavy atom. The van der Waals surface area contributed by atoms with Gasteiger partial charge < -0.3 is 4.90 Å². The second-order valence-corrected chi connectivity index (χ2v) is 10.4. The van der Waals surface area contributed by atoms with E-state index in [4.69, 9.17) is 0 Å². The lowest BCUT2D eigenvalue weighted by atomic mass is 9.79. The minimum Gasteiger partial charge on any atom is -0.366 e. The molecule has 2 aromatic rings. The number of carbonyl (C=O) groups excluding carboxylic acids is 2. The van der Waals surface area contributed by atoms with Crippen LogP contribution in [0.5, 0.6) is 0 Å². The number of carbonyl (C=O) groups is 2. The van der Waals surface area contributed by atoms with Crippen molar-refractivity contribution in [3.63, 3.8) is 0 Å². The molecule has 2 aliphatic rings. The molecule has 0 spiro atoms. The van der Waals surface area contributed by atoms with Gasteiger partial charge in [0.2, 0.25) is 0 Å². The third kappa shape index (κ3) is 4.56. The second kappa shape index (κ2) is 8.93. The lowest BCUT2D eigenvalue weighted by Gasteiger charge is -2.47. The number of anilines is 1. The first-order chi connectivity index (χ1) is 15.6. The van der Waals surface area contributed by atoms with Gasteiger partial charge in [-0.3, -0.25) is 14.5 Å². The molecular formula is C26H28F2N2O2S. The Morgan fingerprint density at radius 1 is 1.15 bits per heavy atom. The maximum Gasteiger partial charge on any atom is 0.293 e. The topological polar surface area (TPSA) is 40.6 Å². The summed E-state index contributed by atoms with van der Waals surface area (Å²) in [6, 6.07) is 9.04. The number of nitrogens with zero attached hydrogens (tertiary/aromatic N) is 2. The normalized spacial score (nSPS) is 21.2. The number of benzene rings is 2. The van der Waals surface area contributed by atoms with Gasteiger partial charge in [-0.15, -0.1) is 0 Å². The Kier molecular flexibility index (Phi) is 6.36. The summed E-state index contributed by atoms with van der Waals surface area (Å²) in [7, 11) is 0. The number of halogens is 2. The average molecular weight is 471 g/mol. The molecule has 0 aromatic heterocycles. The molecular weight excluding hydrogens is 442 g/mol. The smallest absolute Gasteiger partial charge is 0.293 e. The van der Waals surface area contributed by atoms with Gasteiger partial charge in [0, 0.05) is 23.3 Å². The molecule has 1 fully saturated rings. The summed E-state index contributed by atoms with van der Waals surface area (Å²) >= 11 is 0.802. The van der Waals surface area contributed by atoms with Crippen molar-refractivity contribution in [2.75, 3.05) is 11.4 Å². The summed E-state index contributed by atoms with van der Waals surface area (Å²) in [5, 5.41) is -0.418. The molecule has 2 aliphatic heterocycles. The van der Waals surface area contributed by atoms with Gasteiger partial charge in [0.15, 0.2) is 0 Å². The summed E-state index contributed by atoms with van der Waals surface area (Å²) in [6.07, 6.45) is 3.38. The van der Waals surface area contributed by atoms with Crippen molar-refractivity contribution in [2.45, 2.75) is 58.5 Å². The Morgan fingerprint density at radius 2 is 1.85 bits per heavy atom. The zero-order chi connectivity index (χ0) is 23.9. The summed E-state index contributed by atoms with van der Waals surface area (Å²) in [4.78, 5) is 28.9. The van der Waals surface area contributed by atoms with Crippen LogP contribution in [0.2, 0.25) is 0 Å². The van der Waals surface area contributed by atoms with Crippen molar-refractivity contribution in [3.8, 4) is 0 Å². The standard InChI is InChI=1S/C26H28F2N2O2S/c1-5-10-30-22-13-21(28)18(11-20(22)16(2)14-26(30,3)4)12-23-24(31)29(25(32)33-23)15-17-6-8-19(27)9-7-17/h6-9,11-13,16H,5,10,14-15H2,1-4H3/b23-12+. The van der Waals surface area contributed by atoms with Crippen LogP contribution in [-0.4, -0.2) is 28.1 Å². The second-order valence-electron chi connectivity index (χ2n) is 9.40. The molecule has 7 heteroatoms. The van der Waals surface area contributed by atoms with Gasteiger partial charge in [-0.1, -0.05) is 26.0 Å². The predicted molar refractivity (Wildman–Crippen MR) is 129 cm³/mol. The summed E-state index contributed by atoms with van der Waals surface area (Å²) in [5.74, 6) is -1.02. The van der Waals surface area contributed by atoms with E-state index in [1.807, 2.05) is 6.07 Å². The van der Waals surface area contributed by atoms with E-state index in [1.54, 1.807) is 6.07 Å². The molecule has 2 aromatic carbocycles. The molecule has 1 unspecified atom stereocenters. The van der Waals surface area contributed by atoms with E-state index in [2.05, 4.69) is 32.6 Å². The van der Waals surface area contributed by atoms with Gasteiger partial charge in [0.05, 0.1) is 11.4 Å². The van der Waals surface area contributed by atoms with Crippen molar-refractivity contribution in [1.82, 2.24) is 4.90 Å². The van der Waals surface area contributed by atoms with Crippen molar-refractivity contribution < 1.29 is 18.4 Å². The third-order valence-electron chi connectivity index (χ3n) is 6.37. The van der Waals surface area contributed by atoms with E-state index < -0.39 is 17.0 Å². The summed E-state index contributed by atoms with van der Waals surface area (Å²) in [6.45, 7) is 9.51. The fraction of sp³-hybridized carbons (Fsp3) is 0.385. The summed E-state index contributed by atoms with van der Waals surface area (Å²) < 4.78 is 28.4. The van der Waals surface area contributed by atoms with E-state index in [-0.39, 0.29) is 28.7 Å². The molecule has 174 valence electrons. The SMILES string of the molecule is CCCN1c2cc(F)c(/C=C3/SC(=O)N(Cc4ccc(F)cc4)C3=O)cc2C(C)CC1(C)C. The maximum atomic E-state index is 15.2. The molecule has 1 saturated heterocycles. The highest BCUT2D eigenvalue weighted by Crippen LogP contribution is 2.45. The van der Waals surface area contributed by atoms with Gasteiger partial charge in [-0.05, 0) is 85.8 Å². The Hall–Kier alpha value is -2.67. The van der Waals surface area contributed by atoms with Gasteiger partial charge in [0.1, 0.15) is 11.6 Å². The van der Waals surface area contributed by atoms with Crippen LogP contribution in [-0.2, 0) is 11.3 Å². The lowest BCUT2D eigenvalue weighted by Crippen LogP contribution is -2.48. The lowest BCUT2D eigenvalue weighted by molar-refractivity contribution is -0.123. The Bertz CT molecular complexity index is 1130. The number of hydrogen-bond donors (Lipinski definition) is 0. The minimum absolute atomic E-state index is 0.0487. The van der Waals surface area contributed by atoms with Crippen LogP contribution in [0.25, 0.3) is 6.08 Å². The van der Waals surface area contributed by atoms with Crippen molar-refractivity contribution in [3.05, 3.63) is 69.6 Å². The fourth-order valence-corrected chi connectivity index (χ4v) is 5.66. The first-order valence-corrected chi connectivity index (χ1v) is 12.0. The molecule has 0 bridgehead atoms. The van der Waals surface area contributed by atoms with E-state index in [0.717, 1.165) is 47.3 Å². The zero-order valence-electron chi connectivity index (χ0n) is 19.3. The highest BCUT2D eigenvalue weighted by Gasteiger charge is 2.38. The van der Waals surface area contributed by atoms with E-state index in [0.29, 0.717) is 11.1 Å². The number of hydrogen-bond acceptors (Lipinski definition) is 4. The van der Waals surface area contributed by atoms with Crippen LogP contribution in [0.15, 0.2) is 41.3 Å². The number of fused-ring (bicyclic) bond motifs is 1. The van der Waals surface area contributed by atoms with Crippen LogP contribution >= 0.6 is 11.8 Å². The monoisotopic (exact) mass is 470 g/mol. The van der Waals surface area contributed by atoms with Crippen LogP contribution in [0, 0.1) is 11.6 Å². The van der Waals surface area contributed by atoms with Crippen molar-refractivity contribution >= 4 is 34.7 Å². The van der Waals surface area contributed by atoms with Gasteiger partial charge >= 0.3 is 0 Å². The molecule has 0 N–H and O–H groups in total. The van der Waals surface area contributed by atoms with Gasteiger partial charge in [-0.25, -0.2) is 8.78 Å². The third-order valence-corrected chi connectivity index (χ3v) is 7.27. The highest BCUT2D eigenvalue weighted by molar-refractivity contribution is 8.18. The Balaban J connectivity index is 1.64. The van der Waals surface area contributed by atoms with E-state index in [9.17, 15) is 14.0 Å². The predicted octanol–water partition coefficient (Wildman–Crippen LogP) is 6.70. The fourth-order valence-electron chi connectivity index (χ4n) is 4.83.